The molecule has 0 bridgehead atoms. The zero-order valence-corrected chi connectivity index (χ0v) is 15.7. The minimum absolute atomic E-state index is 0.0255. The molecule has 5 nitrogen and oxygen atoms in total. The molecule has 0 radical (unpaired) electrons. The number of ether oxygens (including phenoxy) is 1. The van der Waals surface area contributed by atoms with Gasteiger partial charge >= 0.3 is 5.97 Å². The summed E-state index contributed by atoms with van der Waals surface area (Å²) in [5.41, 5.74) is 2.38. The predicted molar refractivity (Wildman–Crippen MR) is 103 cm³/mol. The van der Waals surface area contributed by atoms with E-state index in [2.05, 4.69) is 4.98 Å². The molecule has 1 atom stereocenters. The lowest BCUT2D eigenvalue weighted by Crippen LogP contribution is -2.48. The van der Waals surface area contributed by atoms with Crippen LogP contribution in [0.25, 0.3) is 10.2 Å². The van der Waals surface area contributed by atoms with Crippen molar-refractivity contribution in [3.63, 3.8) is 0 Å². The first-order valence-electron chi connectivity index (χ1n) is 9.05. The number of amides is 1. The van der Waals surface area contributed by atoms with Gasteiger partial charge in [0.05, 0.1) is 27.3 Å². The molecule has 136 valence electrons. The van der Waals surface area contributed by atoms with Crippen LogP contribution in [0.15, 0.2) is 42.5 Å². The molecule has 2 aliphatic heterocycles. The molecule has 2 aromatic carbocycles. The van der Waals surface area contributed by atoms with Crippen LogP contribution in [-0.2, 0) is 10.3 Å². The highest BCUT2D eigenvalue weighted by Gasteiger charge is 2.48. The fraction of sp³-hybridized carbons (Fsp3) is 0.286. The van der Waals surface area contributed by atoms with E-state index in [1.807, 2.05) is 48.2 Å². The zero-order valence-electron chi connectivity index (χ0n) is 14.9. The SMILES string of the molecule is Cc1nc2ccc(C(=O)N3CCC[C@]4(C3)OC(=O)c3ccccc34)cc2s1. The van der Waals surface area contributed by atoms with Crippen LogP contribution in [-0.4, -0.2) is 34.8 Å². The minimum atomic E-state index is -0.716. The number of hydrogen-bond acceptors (Lipinski definition) is 5. The summed E-state index contributed by atoms with van der Waals surface area (Å²) < 4.78 is 6.83. The van der Waals surface area contributed by atoms with Crippen molar-refractivity contribution in [1.82, 2.24) is 9.88 Å². The molecule has 0 aliphatic carbocycles. The van der Waals surface area contributed by atoms with Crippen LogP contribution in [0, 0.1) is 6.92 Å². The van der Waals surface area contributed by atoms with Gasteiger partial charge in [0, 0.05) is 17.7 Å². The van der Waals surface area contributed by atoms with Crippen LogP contribution in [0.3, 0.4) is 0 Å². The molecule has 2 aliphatic rings. The van der Waals surface area contributed by atoms with Crippen LogP contribution in [0.4, 0.5) is 0 Å². The number of esters is 1. The van der Waals surface area contributed by atoms with E-state index in [1.165, 1.54) is 0 Å². The van der Waals surface area contributed by atoms with Gasteiger partial charge < -0.3 is 9.64 Å². The summed E-state index contributed by atoms with van der Waals surface area (Å²) in [5.74, 6) is -0.316. The van der Waals surface area contributed by atoms with Crippen LogP contribution in [0.1, 0.15) is 44.1 Å². The summed E-state index contributed by atoms with van der Waals surface area (Å²) in [4.78, 5) is 31.7. The number of carbonyl (C=O) groups excluding carboxylic acids is 2. The number of fused-ring (bicyclic) bond motifs is 3. The van der Waals surface area contributed by atoms with Gasteiger partial charge in [-0.2, -0.15) is 0 Å². The van der Waals surface area contributed by atoms with Crippen LogP contribution >= 0.6 is 11.3 Å². The fourth-order valence-electron chi connectivity index (χ4n) is 4.20. The molecule has 27 heavy (non-hydrogen) atoms. The fourth-order valence-corrected chi connectivity index (χ4v) is 5.07. The second-order valence-corrected chi connectivity index (χ2v) is 8.41. The van der Waals surface area contributed by atoms with E-state index in [-0.39, 0.29) is 11.9 Å². The van der Waals surface area contributed by atoms with Gasteiger partial charge in [-0.1, -0.05) is 18.2 Å². The highest BCUT2D eigenvalue weighted by Crippen LogP contribution is 2.43. The van der Waals surface area contributed by atoms with Crippen molar-refractivity contribution in [2.24, 2.45) is 0 Å². The molecule has 1 saturated heterocycles. The van der Waals surface area contributed by atoms with Gasteiger partial charge in [-0.15, -0.1) is 11.3 Å². The molecule has 3 aromatic rings. The Balaban J connectivity index is 1.47. The van der Waals surface area contributed by atoms with Crippen molar-refractivity contribution in [3.05, 3.63) is 64.2 Å². The number of aryl methyl sites for hydroxylation is 1. The standard InChI is InChI=1S/C21H18N2O3S/c1-13-22-17-8-7-14(11-18(17)27-13)19(24)23-10-4-9-21(12-23)16-6-3-2-5-15(16)20(25)26-21/h2-3,5-8,11H,4,9-10,12H2,1H3/t21-/m1/s1. The number of piperidine rings is 1. The summed E-state index contributed by atoms with van der Waals surface area (Å²) in [6.07, 6.45) is 1.54. The highest BCUT2D eigenvalue weighted by atomic mass is 32.1. The maximum atomic E-state index is 13.2. The first-order valence-corrected chi connectivity index (χ1v) is 9.87. The van der Waals surface area contributed by atoms with Gasteiger partial charge in [0.15, 0.2) is 5.60 Å². The van der Waals surface area contributed by atoms with E-state index < -0.39 is 5.60 Å². The van der Waals surface area contributed by atoms with Crippen LogP contribution in [0.2, 0.25) is 0 Å². The third kappa shape index (κ3) is 2.55. The summed E-state index contributed by atoms with van der Waals surface area (Å²) in [7, 11) is 0. The highest BCUT2D eigenvalue weighted by molar-refractivity contribution is 7.18. The Hall–Kier alpha value is -2.73. The Labute approximate surface area is 160 Å². The third-order valence-electron chi connectivity index (χ3n) is 5.41. The molecule has 6 heteroatoms. The quantitative estimate of drug-likeness (QED) is 0.603. The maximum Gasteiger partial charge on any atom is 0.339 e. The molecule has 0 unspecified atom stereocenters. The van der Waals surface area contributed by atoms with Crippen molar-refractivity contribution in [1.29, 1.82) is 0 Å². The zero-order chi connectivity index (χ0) is 18.6. The Bertz CT molecular complexity index is 1090. The molecule has 0 saturated carbocycles. The number of carbonyl (C=O) groups is 2. The van der Waals surface area contributed by atoms with E-state index in [4.69, 9.17) is 4.74 Å². The van der Waals surface area contributed by atoms with Crippen molar-refractivity contribution >= 4 is 33.4 Å². The molecular weight excluding hydrogens is 360 g/mol. The molecule has 1 amide bonds. The third-order valence-corrected chi connectivity index (χ3v) is 6.34. The minimum Gasteiger partial charge on any atom is -0.449 e. The second-order valence-electron chi connectivity index (χ2n) is 7.18. The normalized spacial score (nSPS) is 21.5. The smallest absolute Gasteiger partial charge is 0.339 e. The summed E-state index contributed by atoms with van der Waals surface area (Å²) in [6, 6.07) is 13.2. The number of hydrogen-bond donors (Lipinski definition) is 0. The number of aromatic nitrogens is 1. The first-order chi connectivity index (χ1) is 13.1. The van der Waals surface area contributed by atoms with E-state index in [0.29, 0.717) is 24.2 Å². The second kappa shape index (κ2) is 5.89. The van der Waals surface area contributed by atoms with Gasteiger partial charge in [0.2, 0.25) is 0 Å². The molecule has 1 aromatic heterocycles. The lowest BCUT2D eigenvalue weighted by Gasteiger charge is -2.39. The lowest BCUT2D eigenvalue weighted by molar-refractivity contribution is -0.0442. The number of benzene rings is 2. The van der Waals surface area contributed by atoms with Gasteiger partial charge in [0.25, 0.3) is 5.91 Å². The molecule has 5 rings (SSSR count). The lowest BCUT2D eigenvalue weighted by atomic mass is 9.85. The average molecular weight is 378 g/mol. The number of thiazole rings is 1. The molecule has 1 spiro atoms. The summed E-state index contributed by atoms with van der Waals surface area (Å²) >= 11 is 1.59. The van der Waals surface area contributed by atoms with E-state index in [0.717, 1.165) is 33.6 Å². The summed E-state index contributed by atoms with van der Waals surface area (Å²) in [6.45, 7) is 3.03. The maximum absolute atomic E-state index is 13.2. The topological polar surface area (TPSA) is 59.5 Å². The van der Waals surface area contributed by atoms with E-state index >= 15 is 0 Å². The monoisotopic (exact) mass is 378 g/mol. The van der Waals surface area contributed by atoms with Gasteiger partial charge in [0.1, 0.15) is 0 Å². The first kappa shape index (κ1) is 16.4. The molecule has 0 N–H and O–H groups in total. The average Bonchev–Trinajstić information content (AvgIpc) is 3.18. The van der Waals surface area contributed by atoms with Crippen molar-refractivity contribution < 1.29 is 14.3 Å². The van der Waals surface area contributed by atoms with Gasteiger partial charge in [-0.3, -0.25) is 4.79 Å². The molecule has 1 fully saturated rings. The van der Waals surface area contributed by atoms with Crippen LogP contribution in [0.5, 0.6) is 0 Å². The van der Waals surface area contributed by atoms with Crippen molar-refractivity contribution in [2.45, 2.75) is 25.4 Å². The Kier molecular flexibility index (Phi) is 3.59. The number of nitrogens with zero attached hydrogens (tertiary/aromatic N) is 2. The predicted octanol–water partition coefficient (Wildman–Crippen LogP) is 3.91. The van der Waals surface area contributed by atoms with Crippen LogP contribution < -0.4 is 0 Å². The number of rotatable bonds is 1. The van der Waals surface area contributed by atoms with Gasteiger partial charge in [-0.05, 0) is 44.0 Å². The largest absolute Gasteiger partial charge is 0.449 e. The Morgan fingerprint density at radius 3 is 3.00 bits per heavy atom. The van der Waals surface area contributed by atoms with E-state index in [1.54, 1.807) is 17.4 Å². The van der Waals surface area contributed by atoms with E-state index in [9.17, 15) is 9.59 Å². The van der Waals surface area contributed by atoms with Crippen molar-refractivity contribution in [3.8, 4) is 0 Å². The number of likely N-dealkylation sites (tertiary alicyclic amines) is 1. The molecular formula is C21H18N2O3S. The Morgan fingerprint density at radius 2 is 2.11 bits per heavy atom. The van der Waals surface area contributed by atoms with Crippen molar-refractivity contribution in [2.75, 3.05) is 13.1 Å². The van der Waals surface area contributed by atoms with Gasteiger partial charge in [-0.25, -0.2) is 9.78 Å². The Morgan fingerprint density at radius 1 is 1.26 bits per heavy atom. The summed E-state index contributed by atoms with van der Waals surface area (Å²) in [5, 5.41) is 0.987. The molecule has 3 heterocycles.